The van der Waals surface area contributed by atoms with Gasteiger partial charge in [-0.05, 0) is 36.8 Å². The first kappa shape index (κ1) is 21.1. The molecule has 0 spiro atoms. The Labute approximate surface area is 187 Å². The van der Waals surface area contributed by atoms with Gasteiger partial charge < -0.3 is 13.7 Å². The second-order valence-electron chi connectivity index (χ2n) is 6.55. The standard InChI is InChI=1S/C20H19ClN6O3S/c1-2-8-26(11-17-23-24-19(30-17)16-7-4-9-29-16)18(28)12-31-20-25-22-13-27(20)15-6-3-5-14(21)10-15/h3-7,9-10,13H,2,8,11-12H2,1H3. The van der Waals surface area contributed by atoms with E-state index in [1.807, 2.05) is 25.1 Å². The van der Waals surface area contributed by atoms with Crippen LogP contribution in [0.4, 0.5) is 0 Å². The number of thioether (sulfide) groups is 1. The third kappa shape index (κ3) is 5.15. The van der Waals surface area contributed by atoms with Crippen LogP contribution in [0.5, 0.6) is 0 Å². The summed E-state index contributed by atoms with van der Waals surface area (Å²) < 4.78 is 12.7. The van der Waals surface area contributed by atoms with E-state index in [9.17, 15) is 4.79 Å². The fraction of sp³-hybridized carbons (Fsp3) is 0.250. The predicted octanol–water partition coefficient (Wildman–Crippen LogP) is 4.09. The van der Waals surface area contributed by atoms with Gasteiger partial charge in [0.05, 0.1) is 24.2 Å². The fourth-order valence-corrected chi connectivity index (χ4v) is 3.90. The van der Waals surface area contributed by atoms with E-state index < -0.39 is 0 Å². The Morgan fingerprint density at radius 1 is 1.23 bits per heavy atom. The van der Waals surface area contributed by atoms with Gasteiger partial charge in [-0.25, -0.2) is 0 Å². The molecule has 3 aromatic heterocycles. The van der Waals surface area contributed by atoms with Crippen LogP contribution >= 0.6 is 23.4 Å². The first-order valence-corrected chi connectivity index (χ1v) is 10.9. The predicted molar refractivity (Wildman–Crippen MR) is 115 cm³/mol. The molecule has 9 nitrogen and oxygen atoms in total. The van der Waals surface area contributed by atoms with Crippen LogP contribution in [0.1, 0.15) is 19.2 Å². The molecule has 4 rings (SSSR count). The zero-order valence-corrected chi connectivity index (χ0v) is 18.2. The Morgan fingerprint density at radius 2 is 2.13 bits per heavy atom. The highest BCUT2D eigenvalue weighted by Gasteiger charge is 2.19. The Bertz CT molecular complexity index is 1140. The molecule has 0 aliphatic carbocycles. The van der Waals surface area contributed by atoms with Crippen molar-refractivity contribution in [3.8, 4) is 17.3 Å². The molecule has 0 fully saturated rings. The van der Waals surface area contributed by atoms with Crippen LogP contribution in [-0.2, 0) is 11.3 Å². The molecule has 0 saturated heterocycles. The number of amides is 1. The minimum atomic E-state index is -0.0646. The SMILES string of the molecule is CCCN(Cc1nnc(-c2ccco2)o1)C(=O)CSc1nncn1-c1cccc(Cl)c1. The molecule has 0 radical (unpaired) electrons. The van der Waals surface area contributed by atoms with Gasteiger partial charge >= 0.3 is 0 Å². The third-order valence-corrected chi connectivity index (χ3v) is 5.46. The summed E-state index contributed by atoms with van der Waals surface area (Å²) in [6.07, 6.45) is 3.93. The molecule has 3 heterocycles. The minimum Gasteiger partial charge on any atom is -0.459 e. The molecular formula is C20H19ClN6O3S. The summed E-state index contributed by atoms with van der Waals surface area (Å²) in [4.78, 5) is 14.6. The molecule has 0 N–H and O–H groups in total. The van der Waals surface area contributed by atoms with Crippen molar-refractivity contribution in [1.29, 1.82) is 0 Å². The summed E-state index contributed by atoms with van der Waals surface area (Å²) in [6, 6.07) is 10.8. The Morgan fingerprint density at radius 3 is 2.90 bits per heavy atom. The fourth-order valence-electron chi connectivity index (χ4n) is 2.89. The van der Waals surface area contributed by atoms with Crippen molar-refractivity contribution in [2.45, 2.75) is 25.0 Å². The van der Waals surface area contributed by atoms with Crippen molar-refractivity contribution in [2.24, 2.45) is 0 Å². The van der Waals surface area contributed by atoms with Gasteiger partial charge in [-0.1, -0.05) is 36.4 Å². The van der Waals surface area contributed by atoms with E-state index >= 15 is 0 Å². The molecular weight excluding hydrogens is 440 g/mol. The highest BCUT2D eigenvalue weighted by molar-refractivity contribution is 7.99. The van der Waals surface area contributed by atoms with Gasteiger partial charge in [0, 0.05) is 11.6 Å². The van der Waals surface area contributed by atoms with E-state index in [2.05, 4.69) is 20.4 Å². The molecule has 31 heavy (non-hydrogen) atoms. The van der Waals surface area contributed by atoms with Crippen molar-refractivity contribution in [1.82, 2.24) is 29.9 Å². The molecule has 11 heteroatoms. The minimum absolute atomic E-state index is 0.0646. The van der Waals surface area contributed by atoms with E-state index in [0.29, 0.717) is 28.4 Å². The van der Waals surface area contributed by atoms with Crippen LogP contribution in [0.15, 0.2) is 63.0 Å². The van der Waals surface area contributed by atoms with Gasteiger partial charge in [0.2, 0.25) is 11.8 Å². The molecule has 0 saturated carbocycles. The van der Waals surface area contributed by atoms with Crippen LogP contribution in [0.2, 0.25) is 5.02 Å². The van der Waals surface area contributed by atoms with Crippen LogP contribution < -0.4 is 0 Å². The number of hydrogen-bond acceptors (Lipinski definition) is 8. The number of rotatable bonds is 9. The molecule has 0 bridgehead atoms. The maximum Gasteiger partial charge on any atom is 0.283 e. The van der Waals surface area contributed by atoms with Crippen molar-refractivity contribution < 1.29 is 13.6 Å². The Balaban J connectivity index is 1.41. The summed E-state index contributed by atoms with van der Waals surface area (Å²) in [5.41, 5.74) is 0.828. The molecule has 0 atom stereocenters. The lowest BCUT2D eigenvalue weighted by atomic mass is 10.3. The average molecular weight is 459 g/mol. The van der Waals surface area contributed by atoms with Gasteiger partial charge in [-0.15, -0.1) is 20.4 Å². The topological polar surface area (TPSA) is 103 Å². The van der Waals surface area contributed by atoms with Gasteiger partial charge in [0.25, 0.3) is 5.89 Å². The number of benzene rings is 1. The number of furan rings is 1. The zero-order valence-electron chi connectivity index (χ0n) is 16.6. The van der Waals surface area contributed by atoms with Crippen LogP contribution in [-0.4, -0.2) is 48.1 Å². The highest BCUT2D eigenvalue weighted by Crippen LogP contribution is 2.23. The van der Waals surface area contributed by atoms with E-state index in [4.69, 9.17) is 20.4 Å². The zero-order chi connectivity index (χ0) is 21.6. The number of nitrogens with zero attached hydrogens (tertiary/aromatic N) is 6. The van der Waals surface area contributed by atoms with E-state index in [1.54, 1.807) is 34.0 Å². The van der Waals surface area contributed by atoms with Crippen LogP contribution in [0.25, 0.3) is 17.3 Å². The van der Waals surface area contributed by atoms with Crippen molar-refractivity contribution >= 4 is 29.3 Å². The average Bonchev–Trinajstić information content (AvgIpc) is 3.53. The van der Waals surface area contributed by atoms with Gasteiger partial charge in [0.1, 0.15) is 6.33 Å². The van der Waals surface area contributed by atoms with Gasteiger partial charge in [-0.3, -0.25) is 9.36 Å². The number of halogens is 1. The monoisotopic (exact) mass is 458 g/mol. The molecule has 0 aliphatic heterocycles. The van der Waals surface area contributed by atoms with Gasteiger partial charge in [0.15, 0.2) is 10.9 Å². The number of aromatic nitrogens is 5. The molecule has 4 aromatic rings. The summed E-state index contributed by atoms with van der Waals surface area (Å²) in [7, 11) is 0. The van der Waals surface area contributed by atoms with Gasteiger partial charge in [-0.2, -0.15) is 0 Å². The lowest BCUT2D eigenvalue weighted by molar-refractivity contribution is -0.129. The summed E-state index contributed by atoms with van der Waals surface area (Å²) in [6.45, 7) is 2.80. The number of hydrogen-bond donors (Lipinski definition) is 0. The Kier molecular flexibility index (Phi) is 6.68. The number of carbonyl (C=O) groups is 1. The van der Waals surface area contributed by atoms with E-state index in [0.717, 1.165) is 12.1 Å². The molecule has 0 aliphatic rings. The lowest BCUT2D eigenvalue weighted by Crippen LogP contribution is -2.32. The largest absolute Gasteiger partial charge is 0.459 e. The molecule has 160 valence electrons. The van der Waals surface area contributed by atoms with Crippen LogP contribution in [0, 0.1) is 0 Å². The smallest absolute Gasteiger partial charge is 0.283 e. The maximum atomic E-state index is 12.9. The van der Waals surface area contributed by atoms with E-state index in [-0.39, 0.29) is 24.1 Å². The lowest BCUT2D eigenvalue weighted by Gasteiger charge is -2.20. The number of carbonyl (C=O) groups excluding carboxylic acids is 1. The second-order valence-corrected chi connectivity index (χ2v) is 7.92. The first-order chi connectivity index (χ1) is 15.1. The van der Waals surface area contributed by atoms with Crippen molar-refractivity contribution in [3.63, 3.8) is 0 Å². The molecule has 1 amide bonds. The summed E-state index contributed by atoms with van der Waals surface area (Å²) >= 11 is 7.39. The van der Waals surface area contributed by atoms with Crippen molar-refractivity contribution in [3.05, 3.63) is 59.9 Å². The highest BCUT2D eigenvalue weighted by atomic mass is 35.5. The van der Waals surface area contributed by atoms with Crippen molar-refractivity contribution in [2.75, 3.05) is 12.3 Å². The van der Waals surface area contributed by atoms with E-state index in [1.165, 1.54) is 18.0 Å². The Hall–Kier alpha value is -3.11. The second kappa shape index (κ2) is 9.80. The molecule has 0 unspecified atom stereocenters. The summed E-state index contributed by atoms with van der Waals surface area (Å²) in [5.74, 6) is 1.25. The molecule has 1 aromatic carbocycles. The summed E-state index contributed by atoms with van der Waals surface area (Å²) in [5, 5.41) is 17.3. The van der Waals surface area contributed by atoms with Crippen LogP contribution in [0.3, 0.4) is 0 Å². The third-order valence-electron chi connectivity index (χ3n) is 4.30. The normalized spacial score (nSPS) is 11.0. The first-order valence-electron chi connectivity index (χ1n) is 9.57. The quantitative estimate of drug-likeness (QED) is 0.345. The maximum absolute atomic E-state index is 12.9.